The van der Waals surface area contributed by atoms with Gasteiger partial charge in [0.25, 0.3) is 5.91 Å². The summed E-state index contributed by atoms with van der Waals surface area (Å²) < 4.78 is 6.09. The van der Waals surface area contributed by atoms with Crippen molar-refractivity contribution in [3.05, 3.63) is 53.0 Å². The molecule has 2 aliphatic heterocycles. The summed E-state index contributed by atoms with van der Waals surface area (Å²) in [6.45, 7) is 0. The van der Waals surface area contributed by atoms with Gasteiger partial charge in [-0.1, -0.05) is 6.07 Å². The summed E-state index contributed by atoms with van der Waals surface area (Å²) in [5.41, 5.74) is 1.18. The molecule has 138 valence electrons. The fourth-order valence-electron chi connectivity index (χ4n) is 4.20. The van der Waals surface area contributed by atoms with Crippen LogP contribution in [0.5, 0.6) is 0 Å². The molecule has 5 rings (SSSR count). The minimum atomic E-state index is -0.573. The van der Waals surface area contributed by atoms with Gasteiger partial charge in [0, 0.05) is 29.3 Å². The van der Waals surface area contributed by atoms with Crippen LogP contribution in [0.4, 0.5) is 5.13 Å². The number of carbonyl (C=O) groups is 2. The number of alkyl halides is 1. The maximum atomic E-state index is 13.4. The number of nitrogens with zero attached hydrogens (tertiary/aromatic N) is 3. The largest absolute Gasteiger partial charge is 0.483 e. The first-order valence-electron chi connectivity index (χ1n) is 8.87. The lowest BCUT2D eigenvalue weighted by molar-refractivity contribution is -0.131. The first-order valence-corrected chi connectivity index (χ1v) is 10.2. The van der Waals surface area contributed by atoms with E-state index in [4.69, 9.17) is 16.3 Å². The van der Waals surface area contributed by atoms with E-state index in [2.05, 4.69) is 9.97 Å². The van der Waals surface area contributed by atoms with Gasteiger partial charge >= 0.3 is 0 Å². The Kier molecular flexibility index (Phi) is 4.02. The minimum absolute atomic E-state index is 0.0344. The van der Waals surface area contributed by atoms with Crippen molar-refractivity contribution < 1.29 is 14.3 Å². The standard InChI is InChI=1S/C19H16ClN3O3S/c20-11-3-4-13-12(8-11)16(24)14-15(10-2-1-5-21-9-10)23(18(25)17(14)26-13)19-22-6-7-27-19/h1-2,5-7,9,11-13,15H,3-4,8H2. The zero-order valence-electron chi connectivity index (χ0n) is 14.2. The number of ketones is 1. The molecule has 4 atom stereocenters. The van der Waals surface area contributed by atoms with Crippen molar-refractivity contribution >= 4 is 39.8 Å². The maximum absolute atomic E-state index is 13.4. The predicted molar refractivity (Wildman–Crippen MR) is 100 cm³/mol. The average molecular weight is 402 g/mol. The molecule has 27 heavy (non-hydrogen) atoms. The molecule has 0 N–H and O–H groups in total. The quantitative estimate of drug-likeness (QED) is 0.722. The van der Waals surface area contributed by atoms with Crippen molar-refractivity contribution in [1.29, 1.82) is 0 Å². The van der Waals surface area contributed by atoms with Crippen LogP contribution < -0.4 is 4.90 Å². The number of ether oxygens (including phenoxy) is 1. The fourth-order valence-corrected chi connectivity index (χ4v) is 5.19. The van der Waals surface area contributed by atoms with Crippen LogP contribution >= 0.6 is 22.9 Å². The number of halogens is 1. The molecule has 4 heterocycles. The normalized spacial score (nSPS) is 30.2. The molecule has 1 aliphatic carbocycles. The van der Waals surface area contributed by atoms with Gasteiger partial charge in [0.05, 0.1) is 17.5 Å². The van der Waals surface area contributed by atoms with Crippen molar-refractivity contribution in [1.82, 2.24) is 9.97 Å². The molecule has 2 aromatic rings. The van der Waals surface area contributed by atoms with Gasteiger partial charge in [-0.15, -0.1) is 22.9 Å². The molecule has 0 radical (unpaired) electrons. The Morgan fingerprint density at radius 1 is 1.26 bits per heavy atom. The lowest BCUT2D eigenvalue weighted by Gasteiger charge is -2.37. The monoisotopic (exact) mass is 401 g/mol. The highest BCUT2D eigenvalue weighted by Crippen LogP contribution is 2.48. The second-order valence-electron chi connectivity index (χ2n) is 6.96. The zero-order chi connectivity index (χ0) is 18.5. The van der Waals surface area contributed by atoms with E-state index in [1.54, 1.807) is 34.9 Å². The van der Waals surface area contributed by atoms with Gasteiger partial charge in [0.15, 0.2) is 16.7 Å². The number of pyridine rings is 1. The van der Waals surface area contributed by atoms with Crippen LogP contribution in [0, 0.1) is 5.92 Å². The molecule has 0 bridgehead atoms. The third kappa shape index (κ3) is 2.60. The summed E-state index contributed by atoms with van der Waals surface area (Å²) in [6.07, 6.45) is 6.76. The van der Waals surface area contributed by atoms with Crippen LogP contribution in [0.3, 0.4) is 0 Å². The molecule has 3 aliphatic rings. The van der Waals surface area contributed by atoms with E-state index < -0.39 is 6.04 Å². The molecule has 0 spiro atoms. The molecule has 8 heteroatoms. The van der Waals surface area contributed by atoms with Crippen molar-refractivity contribution in [2.45, 2.75) is 36.8 Å². The number of Topliss-reactive ketones (excluding diaryl/α,β-unsaturated/α-hetero) is 1. The third-order valence-corrected chi connectivity index (χ3v) is 6.58. The molecule has 1 fully saturated rings. The highest BCUT2D eigenvalue weighted by Gasteiger charge is 2.53. The number of hydrogen-bond acceptors (Lipinski definition) is 6. The molecule has 6 nitrogen and oxygen atoms in total. The number of fused-ring (bicyclic) bond motifs is 1. The number of carbonyl (C=O) groups excluding carboxylic acids is 2. The molecule has 2 aromatic heterocycles. The molecule has 0 saturated heterocycles. The van der Waals surface area contributed by atoms with Gasteiger partial charge in [0.2, 0.25) is 0 Å². The second-order valence-corrected chi connectivity index (χ2v) is 8.45. The van der Waals surface area contributed by atoms with E-state index in [9.17, 15) is 9.59 Å². The summed E-state index contributed by atoms with van der Waals surface area (Å²) in [7, 11) is 0. The van der Waals surface area contributed by atoms with E-state index >= 15 is 0 Å². The van der Waals surface area contributed by atoms with Crippen LogP contribution in [0.2, 0.25) is 0 Å². The number of thiazole rings is 1. The lowest BCUT2D eigenvalue weighted by Crippen LogP contribution is -2.41. The Balaban J connectivity index is 1.64. The Labute approximate surface area is 164 Å². The molecular formula is C19H16ClN3O3S. The number of aromatic nitrogens is 2. The van der Waals surface area contributed by atoms with Crippen molar-refractivity contribution in [2.75, 3.05) is 4.90 Å². The van der Waals surface area contributed by atoms with Crippen molar-refractivity contribution in [3.63, 3.8) is 0 Å². The number of rotatable bonds is 2. The molecule has 0 aromatic carbocycles. The fraction of sp³-hybridized carbons (Fsp3) is 0.368. The molecule has 1 saturated carbocycles. The van der Waals surface area contributed by atoms with E-state index in [1.165, 1.54) is 11.3 Å². The van der Waals surface area contributed by atoms with Gasteiger partial charge in [-0.05, 0) is 30.9 Å². The average Bonchev–Trinajstić information content (AvgIpc) is 3.30. The third-order valence-electron chi connectivity index (χ3n) is 5.41. The molecule has 4 unspecified atom stereocenters. The van der Waals surface area contributed by atoms with E-state index in [1.807, 2.05) is 6.07 Å². The van der Waals surface area contributed by atoms with Gasteiger partial charge in [-0.3, -0.25) is 19.5 Å². The Hall–Kier alpha value is -2.25. The van der Waals surface area contributed by atoms with E-state index in [-0.39, 0.29) is 34.8 Å². The number of anilines is 1. The topological polar surface area (TPSA) is 72.4 Å². The lowest BCUT2D eigenvalue weighted by atomic mass is 9.77. The molecular weight excluding hydrogens is 386 g/mol. The van der Waals surface area contributed by atoms with Gasteiger partial charge < -0.3 is 4.74 Å². The Bertz CT molecular complexity index is 931. The van der Waals surface area contributed by atoms with Crippen LogP contribution in [0.15, 0.2) is 47.4 Å². The highest BCUT2D eigenvalue weighted by atomic mass is 35.5. The predicted octanol–water partition coefficient (Wildman–Crippen LogP) is 3.26. The highest BCUT2D eigenvalue weighted by molar-refractivity contribution is 7.13. The smallest absolute Gasteiger partial charge is 0.296 e. The van der Waals surface area contributed by atoms with E-state index in [0.29, 0.717) is 23.5 Å². The zero-order valence-corrected chi connectivity index (χ0v) is 15.8. The Morgan fingerprint density at radius 2 is 2.15 bits per heavy atom. The van der Waals surface area contributed by atoms with Crippen molar-refractivity contribution in [3.8, 4) is 0 Å². The van der Waals surface area contributed by atoms with Crippen LogP contribution in [0.25, 0.3) is 0 Å². The van der Waals surface area contributed by atoms with Gasteiger partial charge in [-0.25, -0.2) is 4.98 Å². The minimum Gasteiger partial charge on any atom is -0.483 e. The summed E-state index contributed by atoms with van der Waals surface area (Å²) >= 11 is 7.67. The van der Waals surface area contributed by atoms with Crippen molar-refractivity contribution in [2.24, 2.45) is 5.92 Å². The SMILES string of the molecule is O=C1C2=C(OC3CCC(Cl)CC13)C(=O)N(c1nccs1)C2c1cccnc1. The summed E-state index contributed by atoms with van der Waals surface area (Å²) in [4.78, 5) is 36.7. The maximum Gasteiger partial charge on any atom is 0.296 e. The second kappa shape index (κ2) is 6.42. The van der Waals surface area contributed by atoms with Crippen LogP contribution in [-0.2, 0) is 14.3 Å². The molecule has 1 amide bonds. The van der Waals surface area contributed by atoms with Gasteiger partial charge in [0.1, 0.15) is 6.10 Å². The number of amides is 1. The van der Waals surface area contributed by atoms with Crippen LogP contribution in [0.1, 0.15) is 30.9 Å². The first-order chi connectivity index (χ1) is 13.1. The van der Waals surface area contributed by atoms with E-state index in [0.717, 1.165) is 12.0 Å². The summed E-state index contributed by atoms with van der Waals surface area (Å²) in [5, 5.41) is 2.31. The number of hydrogen-bond donors (Lipinski definition) is 0. The first kappa shape index (κ1) is 16.9. The summed E-state index contributed by atoms with van der Waals surface area (Å²) in [5.74, 6) is -0.483. The summed E-state index contributed by atoms with van der Waals surface area (Å²) in [6, 6.07) is 3.09. The van der Waals surface area contributed by atoms with Crippen LogP contribution in [-0.4, -0.2) is 33.1 Å². The van der Waals surface area contributed by atoms with Gasteiger partial charge in [-0.2, -0.15) is 0 Å². The Morgan fingerprint density at radius 3 is 2.89 bits per heavy atom.